The van der Waals surface area contributed by atoms with E-state index < -0.39 is 53.8 Å². The minimum Gasteiger partial charge on any atom is -0.481 e. The van der Waals surface area contributed by atoms with Gasteiger partial charge in [-0.05, 0) is 54.5 Å². The number of hydrogen-bond acceptors (Lipinski definition) is 8. The Bertz CT molecular complexity index is 1590. The normalized spacial score (nSPS) is 12.7. The Balaban J connectivity index is 0.00000231. The van der Waals surface area contributed by atoms with Crippen LogP contribution in [0.1, 0.15) is 62.6 Å². The number of carboxylic acid groups (broad SMARTS) is 1. The highest BCUT2D eigenvalue weighted by atomic mass is 16.4. The van der Waals surface area contributed by atoms with Gasteiger partial charge in [0, 0.05) is 38.8 Å². The van der Waals surface area contributed by atoms with Gasteiger partial charge in [-0.1, -0.05) is 80.4 Å². The summed E-state index contributed by atoms with van der Waals surface area (Å²) in [5, 5.41) is 18.8. The Morgan fingerprint density at radius 3 is 1.74 bits per heavy atom. The number of aliphatic imine (C=N–C) groups is 1. The number of hydrogen-bond donors (Lipinski definition) is 8. The molecule has 0 saturated heterocycles. The first-order valence-electron chi connectivity index (χ1n) is 17.6. The number of aliphatic carboxylic acids is 1. The molecule has 11 N–H and O–H groups in total. The zero-order chi connectivity index (χ0) is 39.0. The highest BCUT2D eigenvalue weighted by Gasteiger charge is 2.30. The molecule has 0 bridgehead atoms. The zero-order valence-corrected chi connectivity index (χ0v) is 30.4. The third-order valence-corrected chi connectivity index (χ3v) is 7.82. The summed E-state index contributed by atoms with van der Waals surface area (Å²) in [6.07, 6.45) is 6.14. The van der Waals surface area contributed by atoms with Crippen LogP contribution in [0.5, 0.6) is 0 Å². The fraction of sp³-hybridized carbons (Fsp3) is 0.395. The van der Waals surface area contributed by atoms with E-state index in [4.69, 9.17) is 27.1 Å². The summed E-state index contributed by atoms with van der Waals surface area (Å²) in [4.78, 5) is 71.1. The minimum absolute atomic E-state index is 0.0664. The molecule has 15 nitrogen and oxygen atoms in total. The lowest BCUT2D eigenvalue weighted by Gasteiger charge is -2.26. The van der Waals surface area contributed by atoms with Gasteiger partial charge in [0.1, 0.15) is 18.1 Å². The fourth-order valence-electron chi connectivity index (χ4n) is 5.11. The van der Waals surface area contributed by atoms with Crippen LogP contribution in [0.15, 0.2) is 90.2 Å². The van der Waals surface area contributed by atoms with Crippen LogP contribution in [-0.4, -0.2) is 76.4 Å². The number of unbranched alkanes of at least 4 members (excludes halogenated alkanes) is 1. The number of nitrogens with one attached hydrogen (secondary N) is 4. The van der Waals surface area contributed by atoms with E-state index in [0.29, 0.717) is 25.7 Å². The Labute approximate surface area is 310 Å². The molecule has 3 aromatic rings. The van der Waals surface area contributed by atoms with Crippen LogP contribution in [0.4, 0.5) is 0 Å². The molecule has 0 unspecified atom stereocenters. The largest absolute Gasteiger partial charge is 0.481 e. The standard InChI is InChI=1S/C36H49N9O4.C2H4O2/c1-2-3-15-30(34(48)43-29(16-10-19-41-36(38)39)33(47)42-24-27-17-20-40-21-18-27)44-35(49)31(23-26-13-8-5-9-14-26)45-32(46)28(37)22-25-11-6-4-7-12-25;1-2(3)4/h4-9,11-14,17-18,20-21,28-31H,2-3,10,15-16,19,22-24,37H2,1H3,(H,42,47)(H,43,48)(H,44,49)(H,45,46)(H4,38,39,41);1H3,(H,3,4)/t28-,29-,30-,31+;/m1./s1. The molecule has 15 heteroatoms. The summed E-state index contributed by atoms with van der Waals surface area (Å²) in [5.41, 5.74) is 19.7. The summed E-state index contributed by atoms with van der Waals surface area (Å²) in [6.45, 7) is 3.57. The summed E-state index contributed by atoms with van der Waals surface area (Å²) < 4.78 is 0. The molecule has 53 heavy (non-hydrogen) atoms. The average Bonchev–Trinajstić information content (AvgIpc) is 3.14. The van der Waals surface area contributed by atoms with Crippen LogP contribution < -0.4 is 38.5 Å². The van der Waals surface area contributed by atoms with Crippen LogP contribution in [0.25, 0.3) is 0 Å². The molecule has 0 spiro atoms. The van der Waals surface area contributed by atoms with Gasteiger partial charge >= 0.3 is 0 Å². The molecule has 0 aliphatic heterocycles. The third-order valence-electron chi connectivity index (χ3n) is 7.82. The van der Waals surface area contributed by atoms with E-state index in [1.165, 1.54) is 0 Å². The van der Waals surface area contributed by atoms with Crippen molar-refractivity contribution in [2.45, 2.75) is 89.5 Å². The SMILES string of the molecule is CC(=O)O.CCCC[C@@H](NC(=O)[C@H](Cc1ccccc1)NC(=O)[C@H](N)Cc1ccccc1)C(=O)N[C@H](CCCN=C(N)N)C(=O)NCc1ccncc1. The molecule has 0 radical (unpaired) electrons. The topological polar surface area (TPSA) is 257 Å². The molecule has 0 aliphatic rings. The van der Waals surface area contributed by atoms with Crippen LogP contribution in [0.2, 0.25) is 0 Å². The molecule has 0 aliphatic carbocycles. The molecule has 0 saturated carbocycles. The number of rotatable bonds is 20. The van der Waals surface area contributed by atoms with Gasteiger partial charge in [0.2, 0.25) is 23.6 Å². The van der Waals surface area contributed by atoms with E-state index in [-0.39, 0.29) is 31.9 Å². The molecule has 1 aromatic heterocycles. The maximum atomic E-state index is 13.8. The first kappa shape index (κ1) is 43.3. The van der Waals surface area contributed by atoms with E-state index in [1.807, 2.05) is 67.6 Å². The van der Waals surface area contributed by atoms with Crippen molar-refractivity contribution >= 4 is 35.6 Å². The fourth-order valence-corrected chi connectivity index (χ4v) is 5.11. The Morgan fingerprint density at radius 2 is 1.19 bits per heavy atom. The first-order chi connectivity index (χ1) is 25.4. The van der Waals surface area contributed by atoms with Gasteiger partial charge in [-0.25, -0.2) is 0 Å². The number of nitrogens with zero attached hydrogens (tertiary/aromatic N) is 2. The zero-order valence-electron chi connectivity index (χ0n) is 30.4. The molecule has 3 rings (SSSR count). The number of aromatic nitrogens is 1. The number of pyridine rings is 1. The van der Waals surface area contributed by atoms with Crippen molar-refractivity contribution in [1.82, 2.24) is 26.3 Å². The Kier molecular flexibility index (Phi) is 19.9. The van der Waals surface area contributed by atoms with E-state index in [9.17, 15) is 19.2 Å². The maximum Gasteiger partial charge on any atom is 0.300 e. The highest BCUT2D eigenvalue weighted by molar-refractivity contribution is 5.95. The number of nitrogens with two attached hydrogens (primary N) is 3. The average molecular weight is 732 g/mol. The van der Waals surface area contributed by atoms with Crippen molar-refractivity contribution in [3.05, 3.63) is 102 Å². The van der Waals surface area contributed by atoms with Crippen molar-refractivity contribution in [3.63, 3.8) is 0 Å². The second-order valence-corrected chi connectivity index (χ2v) is 12.4. The summed E-state index contributed by atoms with van der Waals surface area (Å²) in [5.74, 6) is -2.83. The van der Waals surface area contributed by atoms with Crippen LogP contribution in [0, 0.1) is 0 Å². The first-order valence-corrected chi connectivity index (χ1v) is 17.6. The summed E-state index contributed by atoms with van der Waals surface area (Å²) in [7, 11) is 0. The molecular formula is C38H53N9O6. The van der Waals surface area contributed by atoms with Gasteiger partial charge in [0.05, 0.1) is 6.04 Å². The van der Waals surface area contributed by atoms with Crippen LogP contribution in [-0.2, 0) is 43.4 Å². The van der Waals surface area contributed by atoms with Gasteiger partial charge in [0.25, 0.3) is 5.97 Å². The number of guanidine groups is 1. The monoisotopic (exact) mass is 731 g/mol. The lowest BCUT2D eigenvalue weighted by Crippen LogP contribution is -2.58. The van der Waals surface area contributed by atoms with Crippen molar-refractivity contribution in [2.24, 2.45) is 22.2 Å². The molecule has 4 amide bonds. The highest BCUT2D eigenvalue weighted by Crippen LogP contribution is 2.09. The predicted molar refractivity (Wildman–Crippen MR) is 203 cm³/mol. The van der Waals surface area contributed by atoms with Gasteiger partial charge in [-0.15, -0.1) is 0 Å². The van der Waals surface area contributed by atoms with Crippen molar-refractivity contribution in [3.8, 4) is 0 Å². The van der Waals surface area contributed by atoms with E-state index in [0.717, 1.165) is 30.0 Å². The Hall–Kier alpha value is -5.83. The van der Waals surface area contributed by atoms with E-state index in [1.54, 1.807) is 24.5 Å². The number of benzene rings is 2. The molecule has 1 heterocycles. The van der Waals surface area contributed by atoms with E-state index >= 15 is 0 Å². The van der Waals surface area contributed by atoms with Gasteiger partial charge in [-0.2, -0.15) is 0 Å². The summed E-state index contributed by atoms with van der Waals surface area (Å²) >= 11 is 0. The Morgan fingerprint density at radius 1 is 0.698 bits per heavy atom. The van der Waals surface area contributed by atoms with Gasteiger partial charge < -0.3 is 43.6 Å². The second-order valence-electron chi connectivity index (χ2n) is 12.4. The van der Waals surface area contributed by atoms with E-state index in [2.05, 4.69) is 31.2 Å². The maximum absolute atomic E-state index is 13.8. The van der Waals surface area contributed by atoms with Crippen LogP contribution in [0.3, 0.4) is 0 Å². The minimum atomic E-state index is -1.01. The number of carbonyl (C=O) groups excluding carboxylic acids is 4. The van der Waals surface area contributed by atoms with Gasteiger partial charge in [-0.3, -0.25) is 33.9 Å². The molecule has 0 fully saturated rings. The van der Waals surface area contributed by atoms with Gasteiger partial charge in [0.15, 0.2) is 5.96 Å². The lowest BCUT2D eigenvalue weighted by molar-refractivity contribution is -0.134. The smallest absolute Gasteiger partial charge is 0.300 e. The number of amides is 4. The number of carbonyl (C=O) groups is 5. The molecular weight excluding hydrogens is 678 g/mol. The second kappa shape index (κ2) is 24.4. The molecule has 286 valence electrons. The van der Waals surface area contributed by atoms with Crippen molar-refractivity contribution in [2.75, 3.05) is 6.54 Å². The van der Waals surface area contributed by atoms with Crippen molar-refractivity contribution < 1.29 is 29.1 Å². The number of carboxylic acids is 1. The van der Waals surface area contributed by atoms with Crippen LogP contribution >= 0.6 is 0 Å². The van der Waals surface area contributed by atoms with Crippen molar-refractivity contribution in [1.29, 1.82) is 0 Å². The molecule has 2 aromatic carbocycles. The predicted octanol–water partition coefficient (Wildman–Crippen LogP) is 1.30. The quantitative estimate of drug-likeness (QED) is 0.0469. The summed E-state index contributed by atoms with van der Waals surface area (Å²) in [6, 6.07) is 18.4. The molecule has 4 atom stereocenters. The lowest BCUT2D eigenvalue weighted by atomic mass is 10.0. The third kappa shape index (κ3) is 18.3.